The molecule has 0 bridgehead atoms. The maximum absolute atomic E-state index is 12.2. The zero-order valence-corrected chi connectivity index (χ0v) is 15.6. The Bertz CT molecular complexity index is 770. The highest BCUT2D eigenvalue weighted by molar-refractivity contribution is 6.44. The van der Waals surface area contributed by atoms with Crippen molar-refractivity contribution < 1.29 is 23.9 Å². The molecule has 0 saturated carbocycles. The molecule has 2 rings (SSSR count). The molecule has 4 amide bonds. The summed E-state index contributed by atoms with van der Waals surface area (Å²) in [6.45, 7) is 2.13. The molecule has 1 fully saturated rings. The zero-order chi connectivity index (χ0) is 19.5. The van der Waals surface area contributed by atoms with Gasteiger partial charge in [0, 0.05) is 0 Å². The minimum atomic E-state index is -1.04. The maximum atomic E-state index is 12.2. The molecule has 26 heavy (non-hydrogen) atoms. The van der Waals surface area contributed by atoms with Crippen LogP contribution in [-0.2, 0) is 19.1 Å². The van der Waals surface area contributed by atoms with E-state index < -0.39 is 42.5 Å². The summed E-state index contributed by atoms with van der Waals surface area (Å²) in [6.07, 6.45) is 0.381. The van der Waals surface area contributed by atoms with Crippen molar-refractivity contribution in [1.29, 1.82) is 0 Å². The van der Waals surface area contributed by atoms with E-state index in [1.165, 1.54) is 6.07 Å². The fourth-order valence-electron chi connectivity index (χ4n) is 2.24. The summed E-state index contributed by atoms with van der Waals surface area (Å²) < 4.78 is 4.81. The van der Waals surface area contributed by atoms with Gasteiger partial charge in [0.05, 0.1) is 15.7 Å². The van der Waals surface area contributed by atoms with Gasteiger partial charge in [-0.2, -0.15) is 0 Å². The number of halogens is 2. The number of imide groups is 1. The molecule has 1 aliphatic rings. The summed E-state index contributed by atoms with van der Waals surface area (Å²) in [5.74, 6) is -2.04. The highest BCUT2D eigenvalue weighted by Gasteiger charge is 2.47. The summed E-state index contributed by atoms with van der Waals surface area (Å²) in [7, 11) is 0. The first-order valence-electron chi connectivity index (χ1n) is 7.71. The molecule has 1 aliphatic heterocycles. The van der Waals surface area contributed by atoms with E-state index in [9.17, 15) is 19.2 Å². The number of hydrogen-bond acceptors (Lipinski definition) is 5. The second-order valence-corrected chi connectivity index (χ2v) is 6.60. The van der Waals surface area contributed by atoms with Gasteiger partial charge >= 0.3 is 12.0 Å². The molecule has 2 N–H and O–H groups in total. The third-order valence-corrected chi connectivity index (χ3v) is 4.75. The number of esters is 1. The molecular weight excluding hydrogens is 385 g/mol. The van der Waals surface area contributed by atoms with E-state index in [2.05, 4.69) is 10.6 Å². The number of nitrogens with zero attached hydrogens (tertiary/aromatic N) is 1. The van der Waals surface area contributed by atoms with Crippen LogP contribution in [0.3, 0.4) is 0 Å². The first-order chi connectivity index (χ1) is 12.2. The third-order valence-electron chi connectivity index (χ3n) is 3.93. The largest absolute Gasteiger partial charge is 0.454 e. The van der Waals surface area contributed by atoms with Crippen LogP contribution in [0.15, 0.2) is 18.2 Å². The molecule has 0 aromatic heterocycles. The Morgan fingerprint density at radius 1 is 1.31 bits per heavy atom. The maximum Gasteiger partial charge on any atom is 0.326 e. The molecule has 1 saturated heterocycles. The monoisotopic (exact) mass is 401 g/mol. The van der Waals surface area contributed by atoms with E-state index >= 15 is 0 Å². The summed E-state index contributed by atoms with van der Waals surface area (Å²) in [6, 6.07) is 4.01. The van der Waals surface area contributed by atoms with Crippen molar-refractivity contribution in [2.45, 2.75) is 25.8 Å². The first kappa shape index (κ1) is 20.0. The molecular formula is C16H17Cl2N3O5. The zero-order valence-electron chi connectivity index (χ0n) is 14.1. The number of rotatable bonds is 6. The molecule has 140 valence electrons. The highest BCUT2D eigenvalue weighted by atomic mass is 35.5. The predicted molar refractivity (Wildman–Crippen MR) is 95.0 cm³/mol. The van der Waals surface area contributed by atoms with E-state index in [1.807, 2.05) is 0 Å². The Kier molecular flexibility index (Phi) is 6.09. The van der Waals surface area contributed by atoms with Crippen molar-refractivity contribution in [2.75, 3.05) is 18.5 Å². The van der Waals surface area contributed by atoms with E-state index in [0.717, 1.165) is 4.90 Å². The normalized spacial score (nSPS) is 19.3. The van der Waals surface area contributed by atoms with Crippen LogP contribution in [0, 0.1) is 0 Å². The van der Waals surface area contributed by atoms with Gasteiger partial charge in [0.15, 0.2) is 6.61 Å². The number of nitrogens with one attached hydrogen (secondary N) is 2. The lowest BCUT2D eigenvalue weighted by atomic mass is 9.99. The van der Waals surface area contributed by atoms with Crippen LogP contribution in [0.1, 0.15) is 20.3 Å². The quantitative estimate of drug-likeness (QED) is 0.561. The van der Waals surface area contributed by atoms with Gasteiger partial charge in [-0.15, -0.1) is 0 Å². The highest BCUT2D eigenvalue weighted by Crippen LogP contribution is 2.29. The summed E-state index contributed by atoms with van der Waals surface area (Å²) in [5.41, 5.74) is -0.772. The minimum absolute atomic E-state index is 0.159. The number of anilines is 1. The average molecular weight is 402 g/mol. The number of urea groups is 1. The van der Waals surface area contributed by atoms with Gasteiger partial charge in [-0.05, 0) is 25.5 Å². The SMILES string of the molecule is CC[C@]1(C)NC(=O)N(CC(=O)OCC(=O)Nc2cccc(Cl)c2Cl)C1=O. The molecule has 1 aromatic carbocycles. The molecule has 0 unspecified atom stereocenters. The van der Waals surface area contributed by atoms with Crippen LogP contribution in [0.4, 0.5) is 10.5 Å². The van der Waals surface area contributed by atoms with Crippen LogP contribution < -0.4 is 10.6 Å². The van der Waals surface area contributed by atoms with Gasteiger partial charge in [-0.25, -0.2) is 4.79 Å². The number of benzene rings is 1. The van der Waals surface area contributed by atoms with Crippen LogP contribution in [0.25, 0.3) is 0 Å². The van der Waals surface area contributed by atoms with Crippen LogP contribution in [0.5, 0.6) is 0 Å². The standard InChI is InChI=1S/C16H17Cl2N3O5/c1-3-16(2)14(24)21(15(25)20-16)7-12(23)26-8-11(22)19-10-6-4-5-9(17)13(10)18/h4-6H,3,7-8H2,1-2H3,(H,19,22)(H,20,25)/t16-/m0/s1. The van der Waals surface area contributed by atoms with Crippen molar-refractivity contribution in [3.05, 3.63) is 28.2 Å². The lowest BCUT2D eigenvalue weighted by Crippen LogP contribution is -2.43. The Morgan fingerprint density at radius 2 is 2.00 bits per heavy atom. The van der Waals surface area contributed by atoms with E-state index in [4.69, 9.17) is 27.9 Å². The molecule has 0 aliphatic carbocycles. The molecule has 0 spiro atoms. The summed E-state index contributed by atoms with van der Waals surface area (Å²) in [5, 5.41) is 5.39. The Labute approximate surface area is 159 Å². The number of ether oxygens (including phenoxy) is 1. The average Bonchev–Trinajstić information content (AvgIpc) is 2.81. The predicted octanol–water partition coefficient (Wildman–Crippen LogP) is 2.20. The minimum Gasteiger partial charge on any atom is -0.454 e. The molecule has 1 aromatic rings. The van der Waals surface area contributed by atoms with Crippen molar-refractivity contribution >= 4 is 52.7 Å². The second-order valence-electron chi connectivity index (χ2n) is 5.82. The molecule has 10 heteroatoms. The summed E-state index contributed by atoms with van der Waals surface area (Å²) >= 11 is 11.8. The lowest BCUT2D eigenvalue weighted by molar-refractivity contribution is -0.150. The van der Waals surface area contributed by atoms with Gasteiger partial charge in [0.1, 0.15) is 12.1 Å². The number of amides is 4. The number of carbonyl (C=O) groups excluding carboxylic acids is 4. The van der Waals surface area contributed by atoms with Crippen LogP contribution in [0.2, 0.25) is 10.0 Å². The fraction of sp³-hybridized carbons (Fsp3) is 0.375. The van der Waals surface area contributed by atoms with Crippen molar-refractivity contribution in [2.24, 2.45) is 0 Å². The Hall–Kier alpha value is -2.32. The Morgan fingerprint density at radius 3 is 2.62 bits per heavy atom. The van der Waals surface area contributed by atoms with Crippen LogP contribution in [-0.4, -0.2) is 47.4 Å². The second kappa shape index (κ2) is 7.92. The van der Waals surface area contributed by atoms with E-state index in [-0.39, 0.29) is 15.7 Å². The van der Waals surface area contributed by atoms with Crippen molar-refractivity contribution in [1.82, 2.24) is 10.2 Å². The lowest BCUT2D eigenvalue weighted by Gasteiger charge is -2.18. The topological polar surface area (TPSA) is 105 Å². The molecule has 8 nitrogen and oxygen atoms in total. The number of hydrogen-bond donors (Lipinski definition) is 2. The third kappa shape index (κ3) is 4.25. The van der Waals surface area contributed by atoms with Gasteiger partial charge in [-0.1, -0.05) is 36.2 Å². The van der Waals surface area contributed by atoms with Crippen molar-refractivity contribution in [3.8, 4) is 0 Å². The van der Waals surface area contributed by atoms with E-state index in [0.29, 0.717) is 6.42 Å². The molecule has 0 radical (unpaired) electrons. The van der Waals surface area contributed by atoms with Gasteiger partial charge in [0.2, 0.25) is 0 Å². The first-order valence-corrected chi connectivity index (χ1v) is 8.47. The van der Waals surface area contributed by atoms with Gasteiger partial charge in [0.25, 0.3) is 11.8 Å². The van der Waals surface area contributed by atoms with Gasteiger partial charge < -0.3 is 15.4 Å². The van der Waals surface area contributed by atoms with Gasteiger partial charge in [-0.3, -0.25) is 19.3 Å². The summed E-state index contributed by atoms with van der Waals surface area (Å²) in [4.78, 5) is 48.5. The molecule has 1 heterocycles. The smallest absolute Gasteiger partial charge is 0.326 e. The van der Waals surface area contributed by atoms with Crippen molar-refractivity contribution in [3.63, 3.8) is 0 Å². The number of carbonyl (C=O) groups is 4. The van der Waals surface area contributed by atoms with Crippen LogP contribution >= 0.6 is 23.2 Å². The Balaban J connectivity index is 1.87. The molecule has 1 atom stereocenters. The van der Waals surface area contributed by atoms with E-state index in [1.54, 1.807) is 26.0 Å². The fourth-order valence-corrected chi connectivity index (χ4v) is 2.59.